The molecule has 0 unspecified atom stereocenters. The number of imidazole rings is 1. The second-order valence-corrected chi connectivity index (χ2v) is 9.44. The van der Waals surface area contributed by atoms with Crippen molar-refractivity contribution in [2.75, 3.05) is 20.6 Å². The molecule has 40 heavy (non-hydrogen) atoms. The molecule has 0 aliphatic rings. The van der Waals surface area contributed by atoms with Gasteiger partial charge in [-0.1, -0.05) is 32.0 Å². The number of pyridine rings is 1. The fraction of sp³-hybridized carbons (Fsp3) is 0.400. The van der Waals surface area contributed by atoms with Crippen molar-refractivity contribution in [3.8, 4) is 0 Å². The van der Waals surface area contributed by atoms with Crippen molar-refractivity contribution >= 4 is 51.7 Å². The molecule has 0 saturated heterocycles. The Morgan fingerprint density at radius 2 is 1.52 bits per heavy atom. The summed E-state index contributed by atoms with van der Waals surface area (Å²) >= 11 is 0. The van der Waals surface area contributed by atoms with Gasteiger partial charge in [-0.15, -0.1) is 0 Å². The Bertz CT molecular complexity index is 1370. The van der Waals surface area contributed by atoms with Crippen molar-refractivity contribution in [1.29, 1.82) is 0 Å². The molecule has 15 nitrogen and oxygen atoms in total. The van der Waals surface area contributed by atoms with Crippen molar-refractivity contribution in [3.63, 3.8) is 0 Å². The van der Waals surface area contributed by atoms with Crippen LogP contribution in [0.25, 0.3) is 21.9 Å². The Morgan fingerprint density at radius 1 is 0.975 bits per heavy atom. The normalized spacial score (nSPS) is 11.0. The predicted octanol–water partition coefficient (Wildman–Crippen LogP) is 0.724. The molecule has 15 heteroatoms. The van der Waals surface area contributed by atoms with E-state index in [4.69, 9.17) is 31.3 Å². The minimum Gasteiger partial charge on any atom is -0.481 e. The third-order valence-electron chi connectivity index (χ3n) is 4.99. The maximum atomic E-state index is 11.6. The molecule has 2 aromatic heterocycles. The van der Waals surface area contributed by atoms with E-state index in [0.29, 0.717) is 11.4 Å². The first-order valence-electron chi connectivity index (χ1n) is 11.8. The molecule has 1 amide bonds. The SMILES string of the molecule is CC(C)Cn1cnc2c(C(N)=O)nc3ccccc3c21.CN(C)CC(=O)O.O=C(O)CC(O)(CC(=O)O)C(=O)O. The molecule has 0 atom stereocenters. The second kappa shape index (κ2) is 14.5. The van der Waals surface area contributed by atoms with Crippen LogP contribution in [0, 0.1) is 5.92 Å². The van der Waals surface area contributed by atoms with Gasteiger partial charge in [-0.05, 0) is 26.1 Å². The van der Waals surface area contributed by atoms with E-state index >= 15 is 0 Å². The number of rotatable bonds is 10. The second-order valence-electron chi connectivity index (χ2n) is 9.44. The minimum atomic E-state index is -2.74. The molecule has 218 valence electrons. The lowest BCUT2D eigenvalue weighted by Crippen LogP contribution is -2.42. The van der Waals surface area contributed by atoms with Crippen LogP contribution < -0.4 is 5.73 Å². The van der Waals surface area contributed by atoms with Crippen molar-refractivity contribution in [2.24, 2.45) is 11.7 Å². The van der Waals surface area contributed by atoms with Crippen molar-refractivity contribution < 1.29 is 49.5 Å². The fourth-order valence-electron chi connectivity index (χ4n) is 3.47. The van der Waals surface area contributed by atoms with Gasteiger partial charge in [0.1, 0.15) is 5.52 Å². The number of carbonyl (C=O) groups is 5. The Labute approximate surface area is 228 Å². The molecule has 0 saturated carbocycles. The van der Waals surface area contributed by atoms with Gasteiger partial charge in [0.15, 0.2) is 11.3 Å². The topological polar surface area (TPSA) is 246 Å². The number of likely N-dealkylation sites (N-methyl/N-ethyl adjacent to an activating group) is 1. The molecule has 0 radical (unpaired) electrons. The van der Waals surface area contributed by atoms with Crippen LogP contribution in [0.3, 0.4) is 0 Å². The number of nitrogens with two attached hydrogens (primary N) is 1. The maximum Gasteiger partial charge on any atom is 0.336 e. The third-order valence-corrected chi connectivity index (χ3v) is 4.99. The van der Waals surface area contributed by atoms with Crippen LogP contribution in [0.4, 0.5) is 0 Å². The lowest BCUT2D eigenvalue weighted by atomic mass is 9.96. The van der Waals surface area contributed by atoms with Gasteiger partial charge >= 0.3 is 23.9 Å². The van der Waals surface area contributed by atoms with Gasteiger partial charge in [-0.2, -0.15) is 0 Å². The van der Waals surface area contributed by atoms with Crippen LogP contribution in [0.15, 0.2) is 30.6 Å². The van der Waals surface area contributed by atoms with Gasteiger partial charge in [0.2, 0.25) is 0 Å². The van der Waals surface area contributed by atoms with Crippen molar-refractivity contribution in [1.82, 2.24) is 19.4 Å². The zero-order valence-corrected chi connectivity index (χ0v) is 22.4. The number of aliphatic carboxylic acids is 4. The summed E-state index contributed by atoms with van der Waals surface area (Å²) in [7, 11) is 3.43. The first-order valence-corrected chi connectivity index (χ1v) is 11.8. The Hall–Kier alpha value is -4.63. The minimum absolute atomic E-state index is 0.111. The number of carboxylic acids is 4. The van der Waals surface area contributed by atoms with Crippen LogP contribution in [-0.4, -0.2) is 101 Å². The number of fused-ring (bicyclic) bond motifs is 3. The van der Waals surface area contributed by atoms with Crippen LogP contribution in [-0.2, 0) is 25.7 Å². The summed E-state index contributed by atoms with van der Waals surface area (Å²) in [6, 6.07) is 7.73. The van der Waals surface area contributed by atoms with Gasteiger partial charge in [0, 0.05) is 11.9 Å². The summed E-state index contributed by atoms with van der Waals surface area (Å²) in [5.41, 5.74) is 5.20. The first kappa shape index (κ1) is 33.4. The third kappa shape index (κ3) is 9.92. The van der Waals surface area contributed by atoms with Crippen LogP contribution >= 0.6 is 0 Å². The number of para-hydroxylation sites is 1. The van der Waals surface area contributed by atoms with Crippen LogP contribution in [0.2, 0.25) is 0 Å². The number of carbonyl (C=O) groups excluding carboxylic acids is 1. The van der Waals surface area contributed by atoms with E-state index in [-0.39, 0.29) is 12.2 Å². The quantitative estimate of drug-likeness (QED) is 0.199. The average Bonchev–Trinajstić information content (AvgIpc) is 3.20. The van der Waals surface area contributed by atoms with Gasteiger partial charge in [0.25, 0.3) is 5.91 Å². The maximum absolute atomic E-state index is 11.6. The Morgan fingerprint density at radius 3 is 1.93 bits per heavy atom. The number of primary amides is 1. The molecule has 2 heterocycles. The summed E-state index contributed by atoms with van der Waals surface area (Å²) in [6.45, 7) is 5.23. The zero-order valence-electron chi connectivity index (χ0n) is 22.4. The number of nitrogens with zero attached hydrogens (tertiary/aromatic N) is 4. The molecule has 3 aromatic rings. The largest absolute Gasteiger partial charge is 0.481 e. The van der Waals surface area contributed by atoms with E-state index < -0.39 is 48.2 Å². The van der Waals surface area contributed by atoms with Crippen LogP contribution in [0.5, 0.6) is 0 Å². The van der Waals surface area contributed by atoms with Gasteiger partial charge in [0.05, 0.1) is 36.7 Å². The monoisotopic (exact) mass is 563 g/mol. The van der Waals surface area contributed by atoms with E-state index in [2.05, 4.69) is 28.4 Å². The number of amides is 1. The van der Waals surface area contributed by atoms with Crippen LogP contribution in [0.1, 0.15) is 37.2 Å². The van der Waals surface area contributed by atoms with Gasteiger partial charge < -0.3 is 35.8 Å². The highest BCUT2D eigenvalue weighted by molar-refractivity contribution is 6.11. The molecule has 0 spiro atoms. The van der Waals surface area contributed by atoms with Crippen molar-refractivity contribution in [2.45, 2.75) is 38.8 Å². The molecule has 7 N–H and O–H groups in total. The standard InChI is InChI=1S/C15H16N4O.C6H8O7.C4H9NO2/c1-9(2)7-19-8-17-12-13(15(16)20)18-11-6-4-3-5-10(11)14(12)19;7-3(8)1-6(13,5(11)12)2-4(9)10;1-5(2)3-4(6)7/h3-6,8-9H,7H2,1-2H3,(H2,16,20);13H,1-2H2,(H,7,8)(H,9,10)(H,11,12);3H2,1-2H3,(H,6,7). The molecule has 0 bridgehead atoms. The van der Waals surface area contributed by atoms with Gasteiger partial charge in [-0.3, -0.25) is 24.1 Å². The number of aromatic nitrogens is 3. The molecule has 3 rings (SSSR count). The van der Waals surface area contributed by atoms with E-state index in [9.17, 15) is 24.0 Å². The highest BCUT2D eigenvalue weighted by Gasteiger charge is 2.40. The number of carboxylic acid groups (broad SMARTS) is 4. The Balaban J connectivity index is 0.000000345. The number of aliphatic hydroxyl groups is 1. The molecular formula is C25H33N5O10. The highest BCUT2D eigenvalue weighted by atomic mass is 16.4. The molecule has 1 aromatic carbocycles. The lowest BCUT2D eigenvalue weighted by molar-refractivity contribution is -0.170. The summed E-state index contributed by atoms with van der Waals surface area (Å²) in [5, 5.41) is 42.8. The number of hydrogen-bond acceptors (Lipinski definition) is 9. The summed E-state index contributed by atoms with van der Waals surface area (Å²) in [5.74, 6) is -5.87. The van der Waals surface area contributed by atoms with E-state index in [1.807, 2.05) is 24.3 Å². The summed E-state index contributed by atoms with van der Waals surface area (Å²) < 4.78 is 2.07. The number of benzene rings is 1. The lowest BCUT2D eigenvalue weighted by Gasteiger charge is -2.18. The molecule has 0 aliphatic heterocycles. The van der Waals surface area contributed by atoms with E-state index in [1.54, 1.807) is 25.3 Å². The molecule has 0 fully saturated rings. The average molecular weight is 564 g/mol. The summed E-state index contributed by atoms with van der Waals surface area (Å²) in [4.78, 5) is 62.1. The molecular weight excluding hydrogens is 530 g/mol. The highest BCUT2D eigenvalue weighted by Crippen LogP contribution is 2.26. The van der Waals surface area contributed by atoms with Crippen molar-refractivity contribution in [3.05, 3.63) is 36.3 Å². The van der Waals surface area contributed by atoms with Gasteiger partial charge in [-0.25, -0.2) is 14.8 Å². The Kier molecular flexibility index (Phi) is 12.1. The smallest absolute Gasteiger partial charge is 0.336 e. The first-order chi connectivity index (χ1) is 18.5. The fourth-order valence-corrected chi connectivity index (χ4v) is 3.47. The zero-order chi connectivity index (χ0) is 30.8. The van der Waals surface area contributed by atoms with E-state index in [1.165, 1.54) is 0 Å². The molecule has 0 aliphatic carbocycles. The summed E-state index contributed by atoms with van der Waals surface area (Å²) in [6.07, 6.45) is -0.533. The predicted molar refractivity (Wildman–Crippen MR) is 142 cm³/mol. The van der Waals surface area contributed by atoms with E-state index in [0.717, 1.165) is 23.0 Å². The number of hydrogen-bond donors (Lipinski definition) is 6.